The van der Waals surface area contributed by atoms with Crippen molar-refractivity contribution < 1.29 is 23.5 Å². The number of amides is 1. The molecule has 0 fully saturated rings. The molecule has 0 bridgehead atoms. The molecule has 0 radical (unpaired) electrons. The average Bonchev–Trinajstić information content (AvgIpc) is 3.64. The number of aryl methyl sites for hydroxylation is 1. The average molecular weight is 619 g/mol. The largest absolute Gasteiger partial charge is 0.458 e. The van der Waals surface area contributed by atoms with Crippen LogP contribution in [0.1, 0.15) is 54.5 Å². The number of allylic oxidation sites excluding steroid dienone is 1. The van der Waals surface area contributed by atoms with E-state index in [9.17, 15) is 14.0 Å². The van der Waals surface area contributed by atoms with Gasteiger partial charge in [-0.05, 0) is 105 Å². The van der Waals surface area contributed by atoms with Crippen molar-refractivity contribution in [2.45, 2.75) is 52.2 Å². The van der Waals surface area contributed by atoms with Gasteiger partial charge in [-0.25, -0.2) is 19.0 Å². The van der Waals surface area contributed by atoms with Crippen LogP contribution in [0, 0.1) is 12.7 Å². The van der Waals surface area contributed by atoms with Crippen molar-refractivity contribution in [1.29, 1.82) is 0 Å². The van der Waals surface area contributed by atoms with Crippen molar-refractivity contribution in [2.75, 3.05) is 6.61 Å². The van der Waals surface area contributed by atoms with Gasteiger partial charge in [-0.2, -0.15) is 0 Å². The molecule has 3 aromatic heterocycles. The van der Waals surface area contributed by atoms with Crippen LogP contribution in [0.2, 0.25) is 0 Å². The Hall–Kier alpha value is -5.31. The summed E-state index contributed by atoms with van der Waals surface area (Å²) in [7, 11) is 0. The van der Waals surface area contributed by atoms with E-state index < -0.39 is 23.7 Å². The number of hydrogen-bond acceptors (Lipinski definition) is 6. The highest BCUT2D eigenvalue weighted by atomic mass is 19.1. The van der Waals surface area contributed by atoms with Gasteiger partial charge in [-0.3, -0.25) is 9.38 Å². The zero-order chi connectivity index (χ0) is 32.4. The Morgan fingerprint density at radius 2 is 1.80 bits per heavy atom. The molecule has 5 aromatic rings. The number of benzene rings is 2. The SMILES string of the molecule is Cc1cc(-c2ncccc2-c2ccn3c(C(=O)OC[C@H](CC4=CCc5ccccc54)NC(=O)OC(C)(C)C)ncc3c2)ccc1F. The number of carbonyl (C=O) groups excluding carboxylic acids is 2. The summed E-state index contributed by atoms with van der Waals surface area (Å²) in [5.41, 5.74) is 7.23. The highest BCUT2D eigenvalue weighted by Gasteiger charge is 2.25. The fourth-order valence-corrected chi connectivity index (χ4v) is 5.66. The summed E-state index contributed by atoms with van der Waals surface area (Å²) in [6.45, 7) is 7.04. The Morgan fingerprint density at radius 3 is 2.61 bits per heavy atom. The van der Waals surface area contributed by atoms with Gasteiger partial charge in [0.05, 0.1) is 23.4 Å². The van der Waals surface area contributed by atoms with Crippen LogP contribution < -0.4 is 5.32 Å². The first kappa shape index (κ1) is 30.7. The molecule has 8 nitrogen and oxygen atoms in total. The molecule has 2 aromatic carbocycles. The van der Waals surface area contributed by atoms with Crippen molar-refractivity contribution in [3.63, 3.8) is 0 Å². The second-order valence-corrected chi connectivity index (χ2v) is 12.4. The molecular formula is C37H35FN4O4. The molecule has 0 spiro atoms. The molecule has 1 aliphatic carbocycles. The topological polar surface area (TPSA) is 94.8 Å². The summed E-state index contributed by atoms with van der Waals surface area (Å²) in [6, 6.07) is 20.1. The normalized spacial score (nSPS) is 13.2. The van der Waals surface area contributed by atoms with Crippen LogP contribution >= 0.6 is 0 Å². The number of hydrogen-bond donors (Lipinski definition) is 1. The quantitative estimate of drug-likeness (QED) is 0.180. The Labute approximate surface area is 266 Å². The van der Waals surface area contributed by atoms with Crippen molar-refractivity contribution >= 4 is 23.2 Å². The number of alkyl carbamates (subject to hydrolysis) is 1. The van der Waals surface area contributed by atoms with Gasteiger partial charge < -0.3 is 14.8 Å². The third-order valence-corrected chi connectivity index (χ3v) is 7.80. The van der Waals surface area contributed by atoms with Crippen LogP contribution in [0.3, 0.4) is 0 Å². The number of ether oxygens (including phenoxy) is 2. The minimum absolute atomic E-state index is 0.0687. The van der Waals surface area contributed by atoms with Gasteiger partial charge in [0.2, 0.25) is 5.82 Å². The summed E-state index contributed by atoms with van der Waals surface area (Å²) >= 11 is 0. The minimum atomic E-state index is -0.674. The molecular weight excluding hydrogens is 583 g/mol. The smallest absolute Gasteiger partial charge is 0.408 e. The van der Waals surface area contributed by atoms with Crippen molar-refractivity contribution in [2.24, 2.45) is 0 Å². The molecule has 0 unspecified atom stereocenters. The number of fused-ring (bicyclic) bond motifs is 2. The van der Waals surface area contributed by atoms with Crippen LogP contribution in [0.25, 0.3) is 33.5 Å². The first-order valence-electron chi connectivity index (χ1n) is 15.2. The van der Waals surface area contributed by atoms with Crippen LogP contribution in [0.4, 0.5) is 9.18 Å². The first-order valence-corrected chi connectivity index (χ1v) is 15.2. The van der Waals surface area contributed by atoms with Gasteiger partial charge in [-0.1, -0.05) is 36.4 Å². The predicted molar refractivity (Wildman–Crippen MR) is 175 cm³/mol. The number of nitrogens with one attached hydrogen (secondary N) is 1. The zero-order valence-corrected chi connectivity index (χ0v) is 26.2. The fraction of sp³-hybridized carbons (Fsp3) is 0.243. The number of rotatable bonds is 8. The van der Waals surface area contributed by atoms with Gasteiger partial charge in [0.15, 0.2) is 0 Å². The van der Waals surface area contributed by atoms with E-state index >= 15 is 0 Å². The highest BCUT2D eigenvalue weighted by Crippen LogP contribution is 2.33. The number of esters is 1. The predicted octanol–water partition coefficient (Wildman–Crippen LogP) is 7.59. The lowest BCUT2D eigenvalue weighted by Gasteiger charge is -2.24. The molecule has 46 heavy (non-hydrogen) atoms. The third kappa shape index (κ3) is 6.68. The Morgan fingerprint density at radius 1 is 1.00 bits per heavy atom. The van der Waals surface area contributed by atoms with Crippen LogP contribution in [-0.2, 0) is 15.9 Å². The van der Waals surface area contributed by atoms with Crippen molar-refractivity contribution in [1.82, 2.24) is 19.7 Å². The van der Waals surface area contributed by atoms with Crippen molar-refractivity contribution in [3.8, 4) is 22.4 Å². The van der Waals surface area contributed by atoms with E-state index in [1.165, 1.54) is 11.6 Å². The monoisotopic (exact) mass is 618 g/mol. The van der Waals surface area contributed by atoms with E-state index in [0.29, 0.717) is 17.5 Å². The molecule has 0 aliphatic heterocycles. The summed E-state index contributed by atoms with van der Waals surface area (Å²) in [6.07, 6.45) is 7.92. The molecule has 6 rings (SSSR count). The lowest BCUT2D eigenvalue weighted by molar-refractivity contribution is 0.0364. The Bertz CT molecular complexity index is 1970. The van der Waals surface area contributed by atoms with Crippen LogP contribution in [-0.4, -0.2) is 44.7 Å². The third-order valence-electron chi connectivity index (χ3n) is 7.80. The number of imidazole rings is 1. The van der Waals surface area contributed by atoms with Gasteiger partial charge in [0, 0.05) is 23.5 Å². The Kier molecular flexibility index (Phi) is 8.41. The van der Waals surface area contributed by atoms with Crippen LogP contribution in [0.15, 0.2) is 91.4 Å². The standard InChI is InChI=1S/C37H35FN4O4/c1-23-18-27(13-14-32(23)38)33-31(10-7-16-39-33)26-15-17-42-29(20-26)21-40-34(42)35(43)45-22-28(41-36(44)46-37(2,3)4)19-25-12-11-24-8-5-6-9-30(24)25/h5-10,12-18,20-21,28H,11,19,22H2,1-4H3,(H,41,44)/t28-/m0/s1. The van der Waals surface area contributed by atoms with Gasteiger partial charge in [0.25, 0.3) is 0 Å². The summed E-state index contributed by atoms with van der Waals surface area (Å²) in [5, 5.41) is 2.89. The first-order chi connectivity index (χ1) is 22.1. The molecule has 1 aliphatic rings. The number of aromatic nitrogens is 3. The zero-order valence-electron chi connectivity index (χ0n) is 26.2. The maximum Gasteiger partial charge on any atom is 0.408 e. The van der Waals surface area contributed by atoms with Gasteiger partial charge in [-0.15, -0.1) is 0 Å². The lowest BCUT2D eigenvalue weighted by Crippen LogP contribution is -2.42. The molecule has 1 atom stereocenters. The highest BCUT2D eigenvalue weighted by molar-refractivity contribution is 5.88. The van der Waals surface area contributed by atoms with E-state index in [1.807, 2.05) is 36.4 Å². The minimum Gasteiger partial charge on any atom is -0.458 e. The number of halogens is 1. The van der Waals surface area contributed by atoms with Gasteiger partial charge in [0.1, 0.15) is 18.0 Å². The number of pyridine rings is 2. The van der Waals surface area contributed by atoms with E-state index in [2.05, 4.69) is 33.5 Å². The second-order valence-electron chi connectivity index (χ2n) is 12.4. The summed E-state index contributed by atoms with van der Waals surface area (Å²) in [5.74, 6) is -0.772. The summed E-state index contributed by atoms with van der Waals surface area (Å²) in [4.78, 5) is 35.0. The second kappa shape index (κ2) is 12.6. The van der Waals surface area contributed by atoms with Crippen molar-refractivity contribution in [3.05, 3.63) is 120 Å². The fourth-order valence-electron chi connectivity index (χ4n) is 5.66. The van der Waals surface area contributed by atoms with Gasteiger partial charge >= 0.3 is 12.1 Å². The maximum atomic E-state index is 13.9. The Balaban J connectivity index is 1.20. The molecule has 3 heterocycles. The van der Waals surface area contributed by atoms with E-state index in [0.717, 1.165) is 39.9 Å². The molecule has 9 heteroatoms. The van der Waals surface area contributed by atoms with E-state index in [1.54, 1.807) is 62.8 Å². The van der Waals surface area contributed by atoms with E-state index in [-0.39, 0.29) is 18.2 Å². The number of carbonyl (C=O) groups is 2. The molecule has 234 valence electrons. The van der Waals surface area contributed by atoms with Crippen LogP contribution in [0.5, 0.6) is 0 Å². The molecule has 1 N–H and O–H groups in total. The maximum absolute atomic E-state index is 13.9. The molecule has 0 saturated carbocycles. The summed E-state index contributed by atoms with van der Waals surface area (Å²) < 4.78 is 26.8. The lowest BCUT2D eigenvalue weighted by atomic mass is 9.99. The number of nitrogens with zero attached hydrogens (tertiary/aromatic N) is 3. The van der Waals surface area contributed by atoms with E-state index in [4.69, 9.17) is 9.47 Å². The molecule has 1 amide bonds. The molecule has 0 saturated heterocycles.